The van der Waals surface area contributed by atoms with Crippen LogP contribution in [-0.2, 0) is 6.42 Å². The molecule has 0 atom stereocenters. The highest BCUT2D eigenvalue weighted by Gasteiger charge is 2.18. The fourth-order valence-corrected chi connectivity index (χ4v) is 2.33. The second kappa shape index (κ2) is 7.85. The number of likely N-dealkylation sites (N-methyl/N-ethyl adjacent to an activating group) is 1. The SMILES string of the molecule is CCc1[nH]c(C=O)c(C)c1C(=O)NCCN(CC)CC. The number of aromatic nitrogens is 1. The van der Waals surface area contributed by atoms with Crippen LogP contribution in [0.5, 0.6) is 0 Å². The van der Waals surface area contributed by atoms with Crippen LogP contribution in [0.1, 0.15) is 52.9 Å². The minimum Gasteiger partial charge on any atom is -0.355 e. The van der Waals surface area contributed by atoms with Crippen LogP contribution in [0.4, 0.5) is 0 Å². The first-order valence-corrected chi connectivity index (χ1v) is 7.26. The van der Waals surface area contributed by atoms with Crippen LogP contribution in [0.2, 0.25) is 0 Å². The smallest absolute Gasteiger partial charge is 0.253 e. The molecule has 20 heavy (non-hydrogen) atoms. The third-order valence-corrected chi connectivity index (χ3v) is 3.67. The lowest BCUT2D eigenvalue weighted by Gasteiger charge is -2.18. The zero-order valence-corrected chi connectivity index (χ0v) is 12.9. The lowest BCUT2D eigenvalue weighted by Crippen LogP contribution is -2.35. The Labute approximate surface area is 120 Å². The Balaban J connectivity index is 2.72. The van der Waals surface area contributed by atoms with Gasteiger partial charge in [0.2, 0.25) is 0 Å². The summed E-state index contributed by atoms with van der Waals surface area (Å²) in [7, 11) is 0. The summed E-state index contributed by atoms with van der Waals surface area (Å²) < 4.78 is 0. The number of carbonyl (C=O) groups is 2. The summed E-state index contributed by atoms with van der Waals surface area (Å²) in [6.07, 6.45) is 1.47. The largest absolute Gasteiger partial charge is 0.355 e. The van der Waals surface area contributed by atoms with E-state index in [4.69, 9.17) is 0 Å². The lowest BCUT2D eigenvalue weighted by atomic mass is 10.1. The van der Waals surface area contributed by atoms with E-state index in [9.17, 15) is 9.59 Å². The maximum atomic E-state index is 12.3. The molecule has 112 valence electrons. The van der Waals surface area contributed by atoms with Gasteiger partial charge in [0.1, 0.15) is 0 Å². The van der Waals surface area contributed by atoms with Gasteiger partial charge in [-0.25, -0.2) is 0 Å². The number of hydrogen-bond donors (Lipinski definition) is 2. The van der Waals surface area contributed by atoms with Gasteiger partial charge >= 0.3 is 0 Å². The standard InChI is InChI=1S/C15H25N3O2/c1-5-12-14(11(4)13(10-19)17-12)15(20)16-8-9-18(6-2)7-3/h10,17H,5-9H2,1-4H3,(H,16,20). The Kier molecular flexibility index (Phi) is 6.45. The maximum Gasteiger partial charge on any atom is 0.253 e. The number of nitrogens with one attached hydrogen (secondary N) is 2. The zero-order valence-electron chi connectivity index (χ0n) is 12.9. The molecule has 0 spiro atoms. The van der Waals surface area contributed by atoms with Crippen LogP contribution < -0.4 is 5.32 Å². The second-order valence-electron chi connectivity index (χ2n) is 4.77. The highest BCUT2D eigenvalue weighted by Crippen LogP contribution is 2.17. The molecule has 0 aliphatic heterocycles. The van der Waals surface area contributed by atoms with Crippen molar-refractivity contribution in [3.05, 3.63) is 22.5 Å². The fourth-order valence-electron chi connectivity index (χ4n) is 2.33. The Morgan fingerprint density at radius 3 is 2.45 bits per heavy atom. The first-order valence-electron chi connectivity index (χ1n) is 7.26. The molecule has 5 heteroatoms. The molecule has 5 nitrogen and oxygen atoms in total. The molecule has 0 saturated carbocycles. The number of rotatable bonds is 8. The van der Waals surface area contributed by atoms with Crippen molar-refractivity contribution in [2.45, 2.75) is 34.1 Å². The topological polar surface area (TPSA) is 65.2 Å². The Morgan fingerprint density at radius 2 is 1.95 bits per heavy atom. The predicted octanol–water partition coefficient (Wildman–Crippen LogP) is 1.77. The van der Waals surface area contributed by atoms with Crippen molar-refractivity contribution in [1.82, 2.24) is 15.2 Å². The van der Waals surface area contributed by atoms with Gasteiger partial charge in [-0.05, 0) is 32.0 Å². The molecule has 0 radical (unpaired) electrons. The maximum absolute atomic E-state index is 12.3. The van der Waals surface area contributed by atoms with E-state index in [0.29, 0.717) is 24.2 Å². The molecule has 0 aromatic carbocycles. The Bertz CT molecular complexity index is 462. The van der Waals surface area contributed by atoms with E-state index in [1.54, 1.807) is 6.92 Å². The fraction of sp³-hybridized carbons (Fsp3) is 0.600. The summed E-state index contributed by atoms with van der Waals surface area (Å²) in [6, 6.07) is 0. The number of hydrogen-bond acceptors (Lipinski definition) is 3. The summed E-state index contributed by atoms with van der Waals surface area (Å²) in [5.74, 6) is -0.101. The number of aldehydes is 1. The van der Waals surface area contributed by atoms with E-state index < -0.39 is 0 Å². The van der Waals surface area contributed by atoms with Crippen LogP contribution in [0.3, 0.4) is 0 Å². The molecule has 1 heterocycles. The van der Waals surface area contributed by atoms with Gasteiger partial charge in [0.15, 0.2) is 6.29 Å². The molecule has 0 aliphatic rings. The van der Waals surface area contributed by atoms with Crippen molar-refractivity contribution >= 4 is 12.2 Å². The van der Waals surface area contributed by atoms with Crippen molar-refractivity contribution in [2.75, 3.05) is 26.2 Å². The Hall–Kier alpha value is -1.62. The number of nitrogens with zero attached hydrogens (tertiary/aromatic N) is 1. The molecular weight excluding hydrogens is 254 g/mol. The first kappa shape index (κ1) is 16.4. The number of H-pyrrole nitrogens is 1. The van der Waals surface area contributed by atoms with Crippen molar-refractivity contribution in [2.24, 2.45) is 0 Å². The predicted molar refractivity (Wildman–Crippen MR) is 80.4 cm³/mol. The average Bonchev–Trinajstić information content (AvgIpc) is 2.79. The van der Waals surface area contributed by atoms with Gasteiger partial charge in [0.25, 0.3) is 5.91 Å². The molecule has 0 bridgehead atoms. The minimum atomic E-state index is -0.101. The van der Waals surface area contributed by atoms with Gasteiger partial charge in [-0.2, -0.15) is 0 Å². The van der Waals surface area contributed by atoms with E-state index in [0.717, 1.165) is 37.2 Å². The average molecular weight is 279 g/mol. The lowest BCUT2D eigenvalue weighted by molar-refractivity contribution is 0.0947. The van der Waals surface area contributed by atoms with Gasteiger partial charge < -0.3 is 15.2 Å². The third-order valence-electron chi connectivity index (χ3n) is 3.67. The highest BCUT2D eigenvalue weighted by molar-refractivity contribution is 5.99. The van der Waals surface area contributed by atoms with Gasteiger partial charge in [0.05, 0.1) is 11.3 Å². The first-order chi connectivity index (χ1) is 9.58. The van der Waals surface area contributed by atoms with Gasteiger partial charge in [-0.1, -0.05) is 20.8 Å². The van der Waals surface area contributed by atoms with Crippen LogP contribution in [0.25, 0.3) is 0 Å². The molecule has 0 fully saturated rings. The van der Waals surface area contributed by atoms with E-state index in [1.807, 2.05) is 6.92 Å². The molecule has 0 saturated heterocycles. The summed E-state index contributed by atoms with van der Waals surface area (Å²) in [5, 5.41) is 2.93. The molecule has 1 aromatic rings. The Morgan fingerprint density at radius 1 is 1.30 bits per heavy atom. The number of carbonyl (C=O) groups excluding carboxylic acids is 2. The van der Waals surface area contributed by atoms with Crippen LogP contribution >= 0.6 is 0 Å². The minimum absolute atomic E-state index is 0.101. The summed E-state index contributed by atoms with van der Waals surface area (Å²) >= 11 is 0. The van der Waals surface area contributed by atoms with Gasteiger partial charge in [-0.3, -0.25) is 9.59 Å². The van der Waals surface area contributed by atoms with Crippen molar-refractivity contribution < 1.29 is 9.59 Å². The molecule has 1 aromatic heterocycles. The third kappa shape index (κ3) is 3.70. The molecule has 0 unspecified atom stereocenters. The molecule has 0 aliphatic carbocycles. The number of aromatic amines is 1. The quantitative estimate of drug-likeness (QED) is 0.713. The summed E-state index contributed by atoms with van der Waals surface area (Å²) in [5.41, 5.74) is 2.67. The molecule has 2 N–H and O–H groups in total. The summed E-state index contributed by atoms with van der Waals surface area (Å²) in [4.78, 5) is 28.5. The van der Waals surface area contributed by atoms with E-state index in [1.165, 1.54) is 0 Å². The monoisotopic (exact) mass is 279 g/mol. The second-order valence-corrected chi connectivity index (χ2v) is 4.77. The molecular formula is C15H25N3O2. The molecule has 1 rings (SSSR count). The molecule has 1 amide bonds. The van der Waals surface area contributed by atoms with Crippen LogP contribution in [-0.4, -0.2) is 48.3 Å². The van der Waals surface area contributed by atoms with Crippen LogP contribution in [0.15, 0.2) is 0 Å². The van der Waals surface area contributed by atoms with Crippen LogP contribution in [0, 0.1) is 6.92 Å². The van der Waals surface area contributed by atoms with Crippen molar-refractivity contribution in [3.8, 4) is 0 Å². The normalized spacial score (nSPS) is 10.8. The highest BCUT2D eigenvalue weighted by atomic mass is 16.1. The number of amides is 1. The number of aryl methyl sites for hydroxylation is 1. The zero-order chi connectivity index (χ0) is 15.1. The van der Waals surface area contributed by atoms with Gasteiger partial charge in [0, 0.05) is 18.8 Å². The van der Waals surface area contributed by atoms with Crippen molar-refractivity contribution in [1.29, 1.82) is 0 Å². The van der Waals surface area contributed by atoms with E-state index in [2.05, 4.69) is 29.0 Å². The van der Waals surface area contributed by atoms with E-state index in [-0.39, 0.29) is 5.91 Å². The summed E-state index contributed by atoms with van der Waals surface area (Å²) in [6.45, 7) is 11.4. The van der Waals surface area contributed by atoms with Crippen molar-refractivity contribution in [3.63, 3.8) is 0 Å². The van der Waals surface area contributed by atoms with Gasteiger partial charge in [-0.15, -0.1) is 0 Å². The van der Waals surface area contributed by atoms with E-state index >= 15 is 0 Å².